The summed E-state index contributed by atoms with van der Waals surface area (Å²) in [6, 6.07) is 0. The van der Waals surface area contributed by atoms with E-state index >= 15 is 0 Å². The smallest absolute Gasteiger partial charge is 0.270 e. The van der Waals surface area contributed by atoms with Gasteiger partial charge in [0, 0.05) is 18.2 Å². The van der Waals surface area contributed by atoms with Crippen molar-refractivity contribution < 1.29 is 4.79 Å². The molecule has 5 heteroatoms. The van der Waals surface area contributed by atoms with Gasteiger partial charge in [0.25, 0.3) is 5.91 Å². The molecule has 2 aliphatic rings. The molecule has 2 N–H and O–H groups in total. The first kappa shape index (κ1) is 12.9. The van der Waals surface area contributed by atoms with Gasteiger partial charge in [0.2, 0.25) is 6.29 Å². The predicted molar refractivity (Wildman–Crippen MR) is 71.5 cm³/mol. The lowest BCUT2D eigenvalue weighted by atomic mass is 10.1. The third kappa shape index (κ3) is 3.03. The van der Waals surface area contributed by atoms with Crippen LogP contribution in [0.2, 0.25) is 0 Å². The predicted octanol–water partition coefficient (Wildman–Crippen LogP) is 1.88. The van der Waals surface area contributed by atoms with Gasteiger partial charge in [-0.05, 0) is 13.3 Å². The summed E-state index contributed by atoms with van der Waals surface area (Å²) in [5.41, 5.74) is 3.95. The minimum atomic E-state index is -0.256. The number of hydrazine groups is 1. The average Bonchev–Trinajstić information content (AvgIpc) is 2.72. The van der Waals surface area contributed by atoms with Crippen molar-refractivity contribution in [2.75, 3.05) is 0 Å². The molecule has 0 saturated heterocycles. The highest BCUT2D eigenvalue weighted by atomic mass is 16.2. The van der Waals surface area contributed by atoms with Gasteiger partial charge in [-0.15, -0.1) is 0 Å². The van der Waals surface area contributed by atoms with Crippen molar-refractivity contribution in [3.05, 3.63) is 11.8 Å². The number of carbonyl (C=O) groups is 1. The van der Waals surface area contributed by atoms with Crippen LogP contribution in [0, 0.1) is 0 Å². The number of carbonyl (C=O) groups excluding carboxylic acids is 1. The normalized spacial score (nSPS) is 22.0. The lowest BCUT2D eigenvalue weighted by molar-refractivity contribution is -0.130. The molecule has 18 heavy (non-hydrogen) atoms. The van der Waals surface area contributed by atoms with E-state index in [1.54, 1.807) is 11.1 Å². The molecule has 0 aromatic heterocycles. The Hall–Kier alpha value is -1.52. The van der Waals surface area contributed by atoms with Crippen LogP contribution in [0.1, 0.15) is 52.4 Å². The Morgan fingerprint density at radius 1 is 1.33 bits per heavy atom. The molecule has 0 aliphatic carbocycles. The van der Waals surface area contributed by atoms with Crippen LogP contribution in [0.4, 0.5) is 0 Å². The maximum absolute atomic E-state index is 11.7. The Morgan fingerprint density at radius 3 is 2.89 bits per heavy atom. The summed E-state index contributed by atoms with van der Waals surface area (Å²) in [6.45, 7) is 4.10. The van der Waals surface area contributed by atoms with Gasteiger partial charge in [-0.3, -0.25) is 10.2 Å². The van der Waals surface area contributed by atoms with Gasteiger partial charge >= 0.3 is 0 Å². The maximum Gasteiger partial charge on any atom is 0.270 e. The highest BCUT2D eigenvalue weighted by Gasteiger charge is 2.31. The summed E-state index contributed by atoms with van der Waals surface area (Å²) in [5.74, 6) is 0.890. The Balaban J connectivity index is 1.77. The van der Waals surface area contributed by atoms with Crippen LogP contribution in [-0.2, 0) is 4.79 Å². The fourth-order valence-corrected chi connectivity index (χ4v) is 2.22. The molecule has 0 fully saturated rings. The average molecular weight is 250 g/mol. The van der Waals surface area contributed by atoms with Crippen molar-refractivity contribution >= 4 is 11.7 Å². The number of hydrogen-bond acceptors (Lipinski definition) is 4. The number of amides is 1. The third-order valence-corrected chi connectivity index (χ3v) is 3.22. The third-order valence-electron chi connectivity index (χ3n) is 3.22. The highest BCUT2D eigenvalue weighted by Crippen LogP contribution is 2.14. The van der Waals surface area contributed by atoms with Crippen LogP contribution < -0.4 is 10.7 Å². The summed E-state index contributed by atoms with van der Waals surface area (Å²) >= 11 is 0. The van der Waals surface area contributed by atoms with Gasteiger partial charge in [0.1, 0.15) is 5.84 Å². The Bertz CT molecular complexity index is 375. The Kier molecular flexibility index (Phi) is 4.23. The summed E-state index contributed by atoms with van der Waals surface area (Å²) in [5, 5.41) is 4.72. The van der Waals surface area contributed by atoms with Crippen LogP contribution in [0.25, 0.3) is 0 Å². The number of aliphatic imine (C=N–C) groups is 1. The first-order valence-corrected chi connectivity index (χ1v) is 6.82. The standard InChI is InChI=1S/C13H22N4O/c1-3-4-5-6-7-8-11-15-13-14-10(2)9-12(18)17(13)16-11/h9,13-14H,3-8H2,1-2H3,(H,15,16). The molecule has 0 bridgehead atoms. The lowest BCUT2D eigenvalue weighted by Crippen LogP contribution is -2.52. The number of amidine groups is 1. The molecule has 100 valence electrons. The number of rotatable bonds is 6. The number of unbranched alkanes of at least 4 members (excludes halogenated alkanes) is 4. The van der Waals surface area contributed by atoms with Gasteiger partial charge in [0.05, 0.1) is 0 Å². The van der Waals surface area contributed by atoms with E-state index in [2.05, 4.69) is 22.7 Å². The van der Waals surface area contributed by atoms with Crippen LogP contribution >= 0.6 is 0 Å². The molecule has 0 spiro atoms. The Labute approximate surface area is 108 Å². The van der Waals surface area contributed by atoms with Crippen LogP contribution in [0.3, 0.4) is 0 Å². The van der Waals surface area contributed by atoms with Crippen molar-refractivity contribution in [3.63, 3.8) is 0 Å². The largest absolute Gasteiger partial charge is 0.349 e. The quantitative estimate of drug-likeness (QED) is 0.708. The zero-order valence-corrected chi connectivity index (χ0v) is 11.2. The van der Waals surface area contributed by atoms with E-state index in [1.807, 2.05) is 6.92 Å². The number of nitrogens with zero attached hydrogens (tertiary/aromatic N) is 2. The SMILES string of the molecule is CCCCCCCC1=NC2NC(C)=CC(=O)N2N1. The molecule has 1 unspecified atom stereocenters. The van der Waals surface area contributed by atoms with Crippen molar-refractivity contribution in [1.29, 1.82) is 0 Å². The maximum atomic E-state index is 11.7. The number of nitrogens with one attached hydrogen (secondary N) is 2. The zero-order valence-electron chi connectivity index (χ0n) is 11.2. The van der Waals surface area contributed by atoms with Crippen LogP contribution in [0.5, 0.6) is 0 Å². The fraction of sp³-hybridized carbons (Fsp3) is 0.692. The van der Waals surface area contributed by atoms with Crippen molar-refractivity contribution in [3.8, 4) is 0 Å². The number of fused-ring (bicyclic) bond motifs is 1. The monoisotopic (exact) mass is 250 g/mol. The molecule has 2 aliphatic heterocycles. The van der Waals surface area contributed by atoms with Crippen molar-refractivity contribution in [2.24, 2.45) is 4.99 Å². The molecular weight excluding hydrogens is 228 g/mol. The van der Waals surface area contributed by atoms with E-state index in [1.165, 1.54) is 25.7 Å². The van der Waals surface area contributed by atoms with E-state index in [0.717, 1.165) is 24.4 Å². The highest BCUT2D eigenvalue weighted by molar-refractivity contribution is 5.94. The molecule has 0 aromatic rings. The fourth-order valence-electron chi connectivity index (χ4n) is 2.22. The van der Waals surface area contributed by atoms with E-state index < -0.39 is 0 Å². The van der Waals surface area contributed by atoms with E-state index in [4.69, 9.17) is 0 Å². The number of hydrogen-bond donors (Lipinski definition) is 2. The second-order valence-electron chi connectivity index (χ2n) is 4.91. The number of allylic oxidation sites excluding steroid dienone is 1. The summed E-state index contributed by atoms with van der Waals surface area (Å²) < 4.78 is 0. The second kappa shape index (κ2) is 5.89. The van der Waals surface area contributed by atoms with Gasteiger partial charge in [0.15, 0.2) is 0 Å². The van der Waals surface area contributed by atoms with Crippen LogP contribution in [0.15, 0.2) is 16.8 Å². The Morgan fingerprint density at radius 2 is 2.11 bits per heavy atom. The second-order valence-corrected chi connectivity index (χ2v) is 4.91. The first-order valence-electron chi connectivity index (χ1n) is 6.82. The summed E-state index contributed by atoms with van der Waals surface area (Å²) in [6.07, 6.45) is 8.47. The molecule has 0 radical (unpaired) electrons. The molecule has 2 heterocycles. The first-order chi connectivity index (χ1) is 8.70. The van der Waals surface area contributed by atoms with Crippen molar-refractivity contribution in [1.82, 2.24) is 15.8 Å². The minimum Gasteiger partial charge on any atom is -0.349 e. The zero-order chi connectivity index (χ0) is 13.0. The van der Waals surface area contributed by atoms with E-state index in [-0.39, 0.29) is 12.2 Å². The van der Waals surface area contributed by atoms with Gasteiger partial charge in [-0.1, -0.05) is 32.6 Å². The summed E-state index contributed by atoms with van der Waals surface area (Å²) in [4.78, 5) is 16.2. The van der Waals surface area contributed by atoms with Crippen molar-refractivity contribution in [2.45, 2.75) is 58.7 Å². The molecular formula is C13H22N4O. The molecule has 1 atom stereocenters. The molecule has 0 aromatic carbocycles. The molecule has 2 rings (SSSR count). The molecule has 5 nitrogen and oxygen atoms in total. The minimum absolute atomic E-state index is 0.0269. The van der Waals surface area contributed by atoms with Crippen LogP contribution in [-0.4, -0.2) is 23.0 Å². The summed E-state index contributed by atoms with van der Waals surface area (Å²) in [7, 11) is 0. The lowest BCUT2D eigenvalue weighted by Gasteiger charge is -2.27. The van der Waals surface area contributed by atoms with E-state index in [0.29, 0.717) is 0 Å². The topological polar surface area (TPSA) is 56.7 Å². The van der Waals surface area contributed by atoms with Gasteiger partial charge in [-0.25, -0.2) is 10.0 Å². The van der Waals surface area contributed by atoms with Gasteiger partial charge in [-0.2, -0.15) is 0 Å². The van der Waals surface area contributed by atoms with E-state index in [9.17, 15) is 4.79 Å². The van der Waals surface area contributed by atoms with Gasteiger partial charge < -0.3 is 5.32 Å². The molecule has 0 saturated carbocycles. The molecule has 1 amide bonds.